The number of hydrogen-bond donors (Lipinski definition) is 2. The molecule has 0 saturated carbocycles. The van der Waals surface area contributed by atoms with E-state index in [1.165, 1.54) is 10.9 Å². The molecule has 1 aromatic heterocycles. The normalized spacial score (nSPS) is 10.9. The van der Waals surface area contributed by atoms with Crippen molar-refractivity contribution in [1.82, 2.24) is 9.55 Å². The van der Waals surface area contributed by atoms with Gasteiger partial charge in [0.15, 0.2) is 0 Å². The molecular formula is C20H19Cl2N3O4. The van der Waals surface area contributed by atoms with Crippen LogP contribution in [-0.4, -0.2) is 33.8 Å². The van der Waals surface area contributed by atoms with Crippen molar-refractivity contribution < 1.29 is 14.6 Å². The first-order chi connectivity index (χ1) is 14.0. The maximum absolute atomic E-state index is 12.7. The van der Waals surface area contributed by atoms with Crippen LogP contribution in [0.25, 0.3) is 10.9 Å². The molecule has 0 aliphatic heterocycles. The quantitative estimate of drug-likeness (QED) is 0.528. The van der Waals surface area contributed by atoms with Crippen LogP contribution in [0.5, 0.6) is 5.75 Å². The molecule has 0 saturated heterocycles. The average Bonchev–Trinajstić information content (AvgIpc) is 2.72. The molecular weight excluding hydrogens is 417 g/mol. The van der Waals surface area contributed by atoms with Gasteiger partial charge >= 0.3 is 0 Å². The summed E-state index contributed by atoms with van der Waals surface area (Å²) in [5.41, 5.74) is 0.765. The van der Waals surface area contributed by atoms with Gasteiger partial charge in [-0.3, -0.25) is 14.2 Å². The number of nitrogens with one attached hydrogen (secondary N) is 1. The van der Waals surface area contributed by atoms with Crippen LogP contribution in [0.2, 0.25) is 10.0 Å². The van der Waals surface area contributed by atoms with Gasteiger partial charge in [-0.05, 0) is 43.2 Å². The molecule has 0 unspecified atom stereocenters. The number of anilines is 1. The molecule has 2 aromatic carbocycles. The molecule has 3 rings (SSSR count). The highest BCUT2D eigenvalue weighted by atomic mass is 35.5. The van der Waals surface area contributed by atoms with E-state index in [0.29, 0.717) is 58.4 Å². The topological polar surface area (TPSA) is 93.5 Å². The lowest BCUT2D eigenvalue weighted by molar-refractivity contribution is -0.118. The number of ether oxygens (including phenoxy) is 1. The Morgan fingerprint density at radius 2 is 2.00 bits per heavy atom. The van der Waals surface area contributed by atoms with Gasteiger partial charge in [-0.25, -0.2) is 4.98 Å². The predicted octanol–water partition coefficient (Wildman–Crippen LogP) is 3.49. The summed E-state index contributed by atoms with van der Waals surface area (Å²) < 4.78 is 7.16. The fourth-order valence-electron chi connectivity index (χ4n) is 2.75. The van der Waals surface area contributed by atoms with E-state index in [1.54, 1.807) is 36.4 Å². The maximum Gasteiger partial charge on any atom is 0.261 e. The van der Waals surface area contributed by atoms with E-state index in [9.17, 15) is 9.59 Å². The number of aromatic nitrogens is 2. The first kappa shape index (κ1) is 21.1. The number of unbranched alkanes of at least 4 members (excludes halogenated alkanes) is 1. The minimum Gasteiger partial charge on any atom is -0.492 e. The Hall–Kier alpha value is -2.61. The third kappa shape index (κ3) is 5.47. The summed E-state index contributed by atoms with van der Waals surface area (Å²) in [6, 6.07) is 9.86. The highest BCUT2D eigenvalue weighted by Gasteiger charge is 2.07. The number of aryl methyl sites for hydroxylation is 1. The van der Waals surface area contributed by atoms with Crippen molar-refractivity contribution in [2.24, 2.45) is 0 Å². The Kier molecular flexibility index (Phi) is 7.09. The predicted molar refractivity (Wildman–Crippen MR) is 113 cm³/mol. The highest BCUT2D eigenvalue weighted by Crippen LogP contribution is 2.27. The molecule has 7 nitrogen and oxygen atoms in total. The summed E-state index contributed by atoms with van der Waals surface area (Å²) in [6.07, 6.45) is 2.91. The Bertz CT molecular complexity index is 1080. The summed E-state index contributed by atoms with van der Waals surface area (Å²) in [7, 11) is 0. The van der Waals surface area contributed by atoms with Crippen molar-refractivity contribution in [3.8, 4) is 5.75 Å². The second-order valence-electron chi connectivity index (χ2n) is 6.31. The van der Waals surface area contributed by atoms with Gasteiger partial charge in [-0.15, -0.1) is 0 Å². The smallest absolute Gasteiger partial charge is 0.261 e. The average molecular weight is 436 g/mol. The molecule has 0 spiro atoms. The van der Waals surface area contributed by atoms with E-state index in [2.05, 4.69) is 10.3 Å². The van der Waals surface area contributed by atoms with Crippen LogP contribution >= 0.6 is 23.2 Å². The fraction of sp³-hybridized carbons (Fsp3) is 0.250. The monoisotopic (exact) mass is 435 g/mol. The highest BCUT2D eigenvalue weighted by molar-refractivity contribution is 6.34. The van der Waals surface area contributed by atoms with Gasteiger partial charge in [-0.2, -0.15) is 0 Å². The Morgan fingerprint density at radius 1 is 1.17 bits per heavy atom. The van der Waals surface area contributed by atoms with E-state index < -0.39 is 12.5 Å². The van der Waals surface area contributed by atoms with Crippen molar-refractivity contribution in [2.75, 3.05) is 18.5 Å². The molecule has 0 bridgehead atoms. The first-order valence-electron chi connectivity index (χ1n) is 8.95. The molecule has 0 radical (unpaired) electrons. The number of benzene rings is 2. The molecule has 29 heavy (non-hydrogen) atoms. The molecule has 1 heterocycles. The van der Waals surface area contributed by atoms with Crippen LogP contribution in [0.4, 0.5) is 5.69 Å². The molecule has 152 valence electrons. The number of amides is 1. The summed E-state index contributed by atoms with van der Waals surface area (Å²) in [5, 5.41) is 12.8. The van der Waals surface area contributed by atoms with E-state index in [4.69, 9.17) is 33.0 Å². The van der Waals surface area contributed by atoms with Gasteiger partial charge in [0.05, 0.1) is 28.9 Å². The second kappa shape index (κ2) is 9.73. The number of aliphatic hydroxyl groups is 1. The lowest BCUT2D eigenvalue weighted by Gasteiger charge is -2.10. The van der Waals surface area contributed by atoms with Crippen molar-refractivity contribution in [3.63, 3.8) is 0 Å². The van der Waals surface area contributed by atoms with Crippen molar-refractivity contribution in [2.45, 2.75) is 19.4 Å². The molecule has 0 fully saturated rings. The molecule has 0 aliphatic rings. The number of fused-ring (bicyclic) bond motifs is 1. The van der Waals surface area contributed by atoms with E-state index in [0.717, 1.165) is 0 Å². The zero-order valence-corrected chi connectivity index (χ0v) is 16.9. The van der Waals surface area contributed by atoms with Crippen LogP contribution < -0.4 is 15.6 Å². The number of rotatable bonds is 8. The van der Waals surface area contributed by atoms with Crippen LogP contribution in [0.15, 0.2) is 47.5 Å². The first-order valence-corrected chi connectivity index (χ1v) is 9.71. The maximum atomic E-state index is 12.7. The second-order valence-corrected chi connectivity index (χ2v) is 7.16. The number of halogens is 2. The minimum absolute atomic E-state index is 0.200. The van der Waals surface area contributed by atoms with Gasteiger partial charge in [0.25, 0.3) is 5.56 Å². The molecule has 3 aromatic rings. The van der Waals surface area contributed by atoms with Crippen LogP contribution in [0.1, 0.15) is 12.8 Å². The lowest BCUT2D eigenvalue weighted by atomic mass is 10.2. The summed E-state index contributed by atoms with van der Waals surface area (Å²) >= 11 is 12.0. The zero-order valence-electron chi connectivity index (χ0n) is 15.4. The zero-order chi connectivity index (χ0) is 20.8. The Labute approximate surface area is 176 Å². The van der Waals surface area contributed by atoms with Gasteiger partial charge in [-0.1, -0.05) is 23.2 Å². The van der Waals surface area contributed by atoms with Gasteiger partial charge in [0, 0.05) is 23.3 Å². The molecule has 0 aliphatic carbocycles. The Balaban J connectivity index is 1.61. The Morgan fingerprint density at radius 3 is 2.79 bits per heavy atom. The largest absolute Gasteiger partial charge is 0.492 e. The van der Waals surface area contributed by atoms with E-state index in [-0.39, 0.29) is 5.56 Å². The van der Waals surface area contributed by atoms with Gasteiger partial charge < -0.3 is 15.2 Å². The van der Waals surface area contributed by atoms with Crippen LogP contribution in [-0.2, 0) is 11.3 Å². The van der Waals surface area contributed by atoms with Crippen LogP contribution in [0.3, 0.4) is 0 Å². The number of hydrogen-bond acceptors (Lipinski definition) is 5. The van der Waals surface area contributed by atoms with Crippen molar-refractivity contribution >= 4 is 45.7 Å². The van der Waals surface area contributed by atoms with Crippen molar-refractivity contribution in [1.29, 1.82) is 0 Å². The third-order valence-electron chi connectivity index (χ3n) is 4.20. The molecule has 1 amide bonds. The summed E-state index contributed by atoms with van der Waals surface area (Å²) in [6.45, 7) is 0.284. The number of aliphatic hydroxyl groups excluding tert-OH is 1. The van der Waals surface area contributed by atoms with Gasteiger partial charge in [0.1, 0.15) is 12.4 Å². The SMILES string of the molecule is O=C(CO)Nc1ccc2ncn(CCCCOc3cc(Cl)ccc3Cl)c(=O)c2c1. The number of carbonyl (C=O) groups is 1. The van der Waals surface area contributed by atoms with E-state index in [1.807, 2.05) is 0 Å². The number of carbonyl (C=O) groups excluding carboxylic acids is 1. The minimum atomic E-state index is -0.627. The fourth-order valence-corrected chi connectivity index (χ4v) is 3.08. The molecule has 2 N–H and O–H groups in total. The standard InChI is InChI=1S/C20H19Cl2N3O4/c21-13-3-5-16(22)18(9-13)29-8-2-1-7-25-12-23-17-6-4-14(24-19(27)11-26)10-15(17)20(25)28/h3-6,9-10,12,26H,1-2,7-8,11H2,(H,24,27). The third-order valence-corrected chi connectivity index (χ3v) is 4.74. The summed E-state index contributed by atoms with van der Waals surface area (Å²) in [5.74, 6) is -0.0189. The van der Waals surface area contributed by atoms with E-state index >= 15 is 0 Å². The lowest BCUT2D eigenvalue weighted by Crippen LogP contribution is -2.21. The van der Waals surface area contributed by atoms with Crippen LogP contribution in [0, 0.1) is 0 Å². The molecule has 9 heteroatoms. The summed E-state index contributed by atoms with van der Waals surface area (Å²) in [4.78, 5) is 28.3. The molecule has 0 atom stereocenters. The number of nitrogens with zero attached hydrogens (tertiary/aromatic N) is 2. The van der Waals surface area contributed by atoms with Gasteiger partial charge in [0.2, 0.25) is 5.91 Å². The van der Waals surface area contributed by atoms with Crippen molar-refractivity contribution in [3.05, 3.63) is 63.1 Å².